The van der Waals surface area contributed by atoms with Gasteiger partial charge < -0.3 is 53.5 Å². The van der Waals surface area contributed by atoms with Gasteiger partial charge in [-0.05, 0) is 43.9 Å². The number of benzene rings is 1. The molecule has 224 valence electrons. The first-order valence-electron chi connectivity index (χ1n) is 12.8. The lowest BCUT2D eigenvalue weighted by Crippen LogP contribution is -2.60. The van der Waals surface area contributed by atoms with Crippen molar-refractivity contribution in [1.29, 1.82) is 0 Å². The number of phenolic OH excluding ortho intramolecular Hbond substituents is 1. The number of phenols is 1. The summed E-state index contributed by atoms with van der Waals surface area (Å²) >= 11 is 0. The fraction of sp³-hybridized carbons (Fsp3) is 0.440. The number of aliphatic hydroxyl groups excluding tert-OH is 1. The molecule has 5 atom stereocenters. The quantitative estimate of drug-likeness (QED) is 0.0554. The van der Waals surface area contributed by atoms with Gasteiger partial charge in [-0.1, -0.05) is 12.1 Å². The molecule has 1 aromatic heterocycles. The summed E-state index contributed by atoms with van der Waals surface area (Å²) < 4.78 is 0. The molecule has 41 heavy (non-hydrogen) atoms. The molecule has 2 rings (SSSR count). The van der Waals surface area contributed by atoms with Gasteiger partial charge in [0.25, 0.3) is 0 Å². The van der Waals surface area contributed by atoms with Crippen LogP contribution >= 0.6 is 0 Å². The maximum Gasteiger partial charge on any atom is 0.326 e. The van der Waals surface area contributed by atoms with Crippen LogP contribution in [0.5, 0.6) is 5.75 Å². The molecule has 16 nitrogen and oxygen atoms in total. The van der Waals surface area contributed by atoms with Gasteiger partial charge in [-0.25, -0.2) is 9.78 Å². The number of carboxylic acids is 1. The number of hydrogen-bond acceptors (Lipinski definition) is 9. The van der Waals surface area contributed by atoms with E-state index in [1.165, 1.54) is 31.6 Å². The highest BCUT2D eigenvalue weighted by Gasteiger charge is 2.33. The zero-order chi connectivity index (χ0) is 30.5. The third-order valence-corrected chi connectivity index (χ3v) is 5.96. The maximum absolute atomic E-state index is 13.3. The molecular weight excluding hydrogens is 538 g/mol. The second-order valence-corrected chi connectivity index (χ2v) is 9.39. The van der Waals surface area contributed by atoms with Crippen LogP contribution in [0.3, 0.4) is 0 Å². The second kappa shape index (κ2) is 15.8. The van der Waals surface area contributed by atoms with E-state index in [1.807, 2.05) is 0 Å². The molecule has 0 radical (unpaired) electrons. The van der Waals surface area contributed by atoms with Crippen molar-refractivity contribution in [2.24, 2.45) is 22.2 Å². The summed E-state index contributed by atoms with van der Waals surface area (Å²) in [7, 11) is 0. The highest BCUT2D eigenvalue weighted by molar-refractivity contribution is 5.94. The van der Waals surface area contributed by atoms with E-state index in [9.17, 15) is 34.5 Å². The number of rotatable bonds is 16. The number of nitrogens with one attached hydrogen (secondary N) is 4. The molecule has 1 aromatic carbocycles. The van der Waals surface area contributed by atoms with Crippen molar-refractivity contribution < 1.29 is 34.5 Å². The molecule has 0 saturated heterocycles. The van der Waals surface area contributed by atoms with Gasteiger partial charge in [-0.15, -0.1) is 0 Å². The first kappa shape index (κ1) is 32.5. The van der Waals surface area contributed by atoms with Crippen molar-refractivity contribution >= 4 is 29.7 Å². The topological polar surface area (TPSA) is 284 Å². The molecule has 0 aliphatic heterocycles. The highest BCUT2D eigenvalue weighted by Crippen LogP contribution is 2.11. The van der Waals surface area contributed by atoms with Crippen molar-refractivity contribution in [3.8, 4) is 5.75 Å². The van der Waals surface area contributed by atoms with E-state index in [0.717, 1.165) is 0 Å². The number of imidazole rings is 1. The summed E-state index contributed by atoms with van der Waals surface area (Å²) in [6.07, 6.45) is 1.69. The highest BCUT2D eigenvalue weighted by atomic mass is 16.4. The number of aliphatic hydroxyl groups is 1. The summed E-state index contributed by atoms with van der Waals surface area (Å²) in [6, 6.07) is 0.939. The van der Waals surface area contributed by atoms with Crippen LogP contribution in [0, 0.1) is 0 Å². The summed E-state index contributed by atoms with van der Waals surface area (Å²) in [5, 5.41) is 36.4. The number of nitrogens with zero attached hydrogens (tertiary/aromatic N) is 2. The lowest BCUT2D eigenvalue weighted by Gasteiger charge is -2.26. The van der Waals surface area contributed by atoms with Crippen molar-refractivity contribution in [2.75, 3.05) is 6.54 Å². The van der Waals surface area contributed by atoms with E-state index in [1.54, 1.807) is 12.1 Å². The van der Waals surface area contributed by atoms with E-state index in [-0.39, 0.29) is 43.9 Å². The van der Waals surface area contributed by atoms with E-state index in [0.29, 0.717) is 11.3 Å². The summed E-state index contributed by atoms with van der Waals surface area (Å²) in [6.45, 7) is 1.39. The Morgan fingerprint density at radius 3 is 2.22 bits per heavy atom. The van der Waals surface area contributed by atoms with Crippen molar-refractivity contribution in [3.63, 3.8) is 0 Å². The van der Waals surface area contributed by atoms with Gasteiger partial charge in [0, 0.05) is 24.9 Å². The van der Waals surface area contributed by atoms with Crippen LogP contribution in [0.4, 0.5) is 0 Å². The molecule has 0 fully saturated rings. The van der Waals surface area contributed by atoms with Crippen LogP contribution in [-0.4, -0.2) is 91.8 Å². The van der Waals surface area contributed by atoms with Crippen molar-refractivity contribution in [1.82, 2.24) is 25.9 Å². The number of aromatic hydroxyl groups is 1. The van der Waals surface area contributed by atoms with Crippen LogP contribution in [0.15, 0.2) is 41.8 Å². The molecule has 13 N–H and O–H groups in total. The minimum absolute atomic E-state index is 0.0181. The number of carboxylic acid groups (broad SMARTS) is 1. The number of carbonyl (C=O) groups is 4. The number of hydrogen-bond donors (Lipinski definition) is 10. The molecule has 0 spiro atoms. The Labute approximate surface area is 235 Å². The number of H-pyrrole nitrogens is 1. The van der Waals surface area contributed by atoms with Gasteiger partial charge in [0.2, 0.25) is 17.7 Å². The Kier molecular flexibility index (Phi) is 12.5. The molecule has 16 heteroatoms. The zero-order valence-corrected chi connectivity index (χ0v) is 22.5. The largest absolute Gasteiger partial charge is 0.508 e. The van der Waals surface area contributed by atoms with Gasteiger partial charge in [-0.3, -0.25) is 19.4 Å². The minimum Gasteiger partial charge on any atom is -0.508 e. The Hall–Kier alpha value is -4.70. The fourth-order valence-electron chi connectivity index (χ4n) is 3.76. The average molecular weight is 576 g/mol. The van der Waals surface area contributed by atoms with Gasteiger partial charge in [0.15, 0.2) is 5.96 Å². The average Bonchev–Trinajstić information content (AvgIpc) is 3.42. The van der Waals surface area contributed by atoms with Gasteiger partial charge >= 0.3 is 5.97 Å². The summed E-state index contributed by atoms with van der Waals surface area (Å²) in [5.74, 6) is -3.87. The number of guanidine groups is 1. The number of aliphatic imine (C=N–C) groups is 1. The normalized spacial score (nSPS) is 14.5. The maximum atomic E-state index is 13.3. The number of aromatic amines is 1. The molecule has 5 unspecified atom stereocenters. The van der Waals surface area contributed by atoms with Crippen molar-refractivity contribution in [3.05, 3.63) is 48.0 Å². The summed E-state index contributed by atoms with van der Waals surface area (Å²) in [4.78, 5) is 61.2. The van der Waals surface area contributed by atoms with Crippen LogP contribution in [0.25, 0.3) is 0 Å². The number of carbonyl (C=O) groups excluding carboxylic acids is 3. The van der Waals surface area contributed by atoms with Crippen LogP contribution in [0.1, 0.15) is 31.0 Å². The SMILES string of the molecule is CC(O)C(NC(=O)C(Cc1cnc[nH]1)NC(=O)C(N)Cc1ccc(O)cc1)C(=O)NC(CCCN=C(N)N)C(=O)O. The number of aliphatic carboxylic acids is 1. The molecule has 0 saturated carbocycles. The minimum atomic E-state index is -1.55. The van der Waals surface area contributed by atoms with E-state index < -0.39 is 54.0 Å². The molecule has 0 aliphatic rings. The third-order valence-electron chi connectivity index (χ3n) is 5.96. The van der Waals surface area contributed by atoms with Gasteiger partial charge in [0.1, 0.15) is 23.9 Å². The smallest absolute Gasteiger partial charge is 0.326 e. The zero-order valence-electron chi connectivity index (χ0n) is 22.5. The molecule has 0 aliphatic carbocycles. The molecule has 0 bridgehead atoms. The van der Waals surface area contributed by atoms with Crippen molar-refractivity contribution in [2.45, 2.75) is 62.9 Å². The number of aromatic nitrogens is 2. The second-order valence-electron chi connectivity index (χ2n) is 9.39. The molecule has 2 aromatic rings. The van der Waals surface area contributed by atoms with Gasteiger partial charge in [0.05, 0.1) is 18.5 Å². The third kappa shape index (κ3) is 11.1. The Morgan fingerprint density at radius 2 is 1.66 bits per heavy atom. The molecule has 1 heterocycles. The van der Waals surface area contributed by atoms with E-state index in [2.05, 4.69) is 30.9 Å². The Balaban J connectivity index is 2.12. The fourth-order valence-corrected chi connectivity index (χ4v) is 3.76. The predicted molar refractivity (Wildman–Crippen MR) is 147 cm³/mol. The molecule has 3 amide bonds. The first-order valence-corrected chi connectivity index (χ1v) is 12.8. The van der Waals surface area contributed by atoms with Crippen LogP contribution in [-0.2, 0) is 32.0 Å². The van der Waals surface area contributed by atoms with E-state index in [4.69, 9.17) is 17.2 Å². The standard InChI is InChI=1S/C25H37N9O7/c1-13(35)20(23(39)32-18(24(40)41)3-2-8-30-25(27)28)34-22(38)19(10-15-11-29-12-31-15)33-21(37)17(26)9-14-4-6-16(36)7-5-14/h4-7,11-13,17-20,35-36H,2-3,8-10,26H2,1H3,(H,29,31)(H,32,39)(H,33,37)(H,34,38)(H,40,41)(H4,27,28,30). The van der Waals surface area contributed by atoms with E-state index >= 15 is 0 Å². The summed E-state index contributed by atoms with van der Waals surface area (Å²) in [5.41, 5.74) is 17.7. The molecular formula is C25H37N9O7. The Bertz CT molecular complexity index is 1180. The number of amides is 3. The monoisotopic (exact) mass is 575 g/mol. The lowest BCUT2D eigenvalue weighted by molar-refractivity contribution is -0.143. The van der Waals surface area contributed by atoms with Crippen LogP contribution < -0.4 is 33.2 Å². The van der Waals surface area contributed by atoms with Crippen LogP contribution in [0.2, 0.25) is 0 Å². The predicted octanol–water partition coefficient (Wildman–Crippen LogP) is -2.80. The lowest BCUT2D eigenvalue weighted by atomic mass is 10.0. The Morgan fingerprint density at radius 1 is 1.00 bits per heavy atom. The first-order chi connectivity index (χ1) is 19.4. The van der Waals surface area contributed by atoms with Gasteiger partial charge in [-0.2, -0.15) is 0 Å². The number of nitrogens with two attached hydrogens (primary N) is 3.